The fourth-order valence-corrected chi connectivity index (χ4v) is 3.71. The average molecular weight is 369 g/mol. The van der Waals surface area contributed by atoms with Crippen molar-refractivity contribution in [2.75, 3.05) is 0 Å². The van der Waals surface area contributed by atoms with E-state index in [1.54, 1.807) is 0 Å². The number of hydrogen-bond acceptors (Lipinski definition) is 2. The normalized spacial score (nSPS) is 25.4. The fraction of sp³-hybridized carbons (Fsp3) is 0.500. The molecule has 0 radical (unpaired) electrons. The largest absolute Gasteiger partial charge is 0.391 e. The van der Waals surface area contributed by atoms with Crippen molar-refractivity contribution in [2.45, 2.75) is 45.1 Å². The number of amides is 1. The van der Waals surface area contributed by atoms with Crippen LogP contribution in [0.2, 0.25) is 0 Å². The Morgan fingerprint density at radius 2 is 2.05 bits per heavy atom. The second-order valence-corrected chi connectivity index (χ2v) is 7.36. The van der Waals surface area contributed by atoms with Gasteiger partial charge in [0.05, 0.1) is 16.1 Å². The molecule has 1 aliphatic rings. The lowest BCUT2D eigenvalue weighted by Crippen LogP contribution is -2.58. The Balaban J connectivity index is 2.21. The number of nitrogens with two attached hydrogens (primary N) is 1. The highest BCUT2D eigenvalue weighted by molar-refractivity contribution is 9.10. The lowest BCUT2D eigenvalue weighted by Gasteiger charge is -2.39. The standard InChI is InChI=1S/C16H21BrN2OS/c1-10-5-7-16(8-6-10,15(18)21)19-14(20)12-4-3-11(2)9-13(12)17/h3-4,9-10H,5-8H2,1-2H3,(H2,18,21)(H,19,20). The highest BCUT2D eigenvalue weighted by Crippen LogP contribution is 2.33. The van der Waals surface area contributed by atoms with Gasteiger partial charge in [0.1, 0.15) is 0 Å². The van der Waals surface area contributed by atoms with E-state index in [0.29, 0.717) is 16.5 Å². The van der Waals surface area contributed by atoms with Crippen molar-refractivity contribution in [1.82, 2.24) is 5.32 Å². The molecule has 1 aliphatic carbocycles. The van der Waals surface area contributed by atoms with Gasteiger partial charge in [0.25, 0.3) is 5.91 Å². The predicted molar refractivity (Wildman–Crippen MR) is 93.5 cm³/mol. The third kappa shape index (κ3) is 3.64. The maximum absolute atomic E-state index is 12.6. The maximum Gasteiger partial charge on any atom is 0.253 e. The summed E-state index contributed by atoms with van der Waals surface area (Å²) >= 11 is 8.69. The van der Waals surface area contributed by atoms with E-state index in [1.807, 2.05) is 25.1 Å². The van der Waals surface area contributed by atoms with Gasteiger partial charge < -0.3 is 11.1 Å². The highest BCUT2D eigenvalue weighted by Gasteiger charge is 2.38. The first-order chi connectivity index (χ1) is 9.84. The molecule has 0 atom stereocenters. The molecule has 1 amide bonds. The van der Waals surface area contributed by atoms with Crippen molar-refractivity contribution in [3.05, 3.63) is 33.8 Å². The van der Waals surface area contributed by atoms with E-state index >= 15 is 0 Å². The van der Waals surface area contributed by atoms with Crippen molar-refractivity contribution in [3.8, 4) is 0 Å². The van der Waals surface area contributed by atoms with Crippen LogP contribution < -0.4 is 11.1 Å². The molecule has 1 aromatic carbocycles. The van der Waals surface area contributed by atoms with Crippen molar-refractivity contribution in [3.63, 3.8) is 0 Å². The maximum atomic E-state index is 12.6. The Morgan fingerprint density at radius 1 is 1.43 bits per heavy atom. The Labute approximate surface area is 139 Å². The minimum Gasteiger partial charge on any atom is -0.391 e. The van der Waals surface area contributed by atoms with Gasteiger partial charge in [-0.25, -0.2) is 0 Å². The molecule has 1 fully saturated rings. The molecule has 0 aromatic heterocycles. The fourth-order valence-electron chi connectivity index (χ4n) is 2.78. The molecule has 0 unspecified atom stereocenters. The van der Waals surface area contributed by atoms with Crippen molar-refractivity contribution in [1.29, 1.82) is 0 Å². The Morgan fingerprint density at radius 3 is 2.57 bits per heavy atom. The van der Waals surface area contributed by atoms with Crippen LogP contribution >= 0.6 is 28.1 Å². The van der Waals surface area contributed by atoms with Crippen LogP contribution in [0.1, 0.15) is 48.5 Å². The van der Waals surface area contributed by atoms with Gasteiger partial charge in [-0.1, -0.05) is 25.2 Å². The zero-order valence-corrected chi connectivity index (χ0v) is 14.8. The molecule has 2 rings (SSSR count). The van der Waals surface area contributed by atoms with Crippen LogP contribution in [0.25, 0.3) is 0 Å². The van der Waals surface area contributed by atoms with Crippen LogP contribution in [0.15, 0.2) is 22.7 Å². The molecular weight excluding hydrogens is 348 g/mol. The van der Waals surface area contributed by atoms with Crippen molar-refractivity contribution in [2.24, 2.45) is 11.7 Å². The van der Waals surface area contributed by atoms with Gasteiger partial charge in [-0.05, 0) is 72.2 Å². The Kier molecular flexibility index (Phi) is 5.04. The van der Waals surface area contributed by atoms with Crippen LogP contribution in [0.4, 0.5) is 0 Å². The quantitative estimate of drug-likeness (QED) is 0.799. The number of carbonyl (C=O) groups excluding carboxylic acids is 1. The Hall–Kier alpha value is -0.940. The molecule has 0 bridgehead atoms. The third-order valence-corrected chi connectivity index (χ3v) is 5.37. The summed E-state index contributed by atoms with van der Waals surface area (Å²) in [5.41, 5.74) is 7.13. The van der Waals surface area contributed by atoms with Crippen LogP contribution in [0.5, 0.6) is 0 Å². The predicted octanol–water partition coefficient (Wildman–Crippen LogP) is 3.72. The first kappa shape index (κ1) is 16.4. The number of nitrogens with one attached hydrogen (secondary N) is 1. The molecule has 114 valence electrons. The first-order valence-corrected chi connectivity index (χ1v) is 8.43. The van der Waals surface area contributed by atoms with E-state index in [-0.39, 0.29) is 5.91 Å². The molecular formula is C16H21BrN2OS. The van der Waals surface area contributed by atoms with E-state index in [2.05, 4.69) is 28.2 Å². The van der Waals surface area contributed by atoms with E-state index in [1.165, 1.54) is 0 Å². The average Bonchev–Trinajstić information content (AvgIpc) is 2.41. The minimum atomic E-state index is -0.538. The van der Waals surface area contributed by atoms with Gasteiger partial charge >= 0.3 is 0 Å². The van der Waals surface area contributed by atoms with Crippen LogP contribution in [-0.2, 0) is 0 Å². The number of hydrogen-bond donors (Lipinski definition) is 2. The van der Waals surface area contributed by atoms with E-state index < -0.39 is 5.54 Å². The van der Waals surface area contributed by atoms with E-state index in [9.17, 15) is 4.79 Å². The molecule has 0 heterocycles. The zero-order chi connectivity index (χ0) is 15.6. The molecule has 0 saturated heterocycles. The number of aryl methyl sites for hydroxylation is 1. The third-order valence-electron chi connectivity index (χ3n) is 4.32. The van der Waals surface area contributed by atoms with Gasteiger partial charge in [-0.3, -0.25) is 4.79 Å². The second-order valence-electron chi connectivity index (χ2n) is 6.07. The summed E-state index contributed by atoms with van der Waals surface area (Å²) in [7, 11) is 0. The van der Waals surface area contributed by atoms with E-state index in [0.717, 1.165) is 35.7 Å². The number of rotatable bonds is 3. The molecule has 21 heavy (non-hydrogen) atoms. The van der Waals surface area contributed by atoms with Gasteiger partial charge in [0.15, 0.2) is 0 Å². The molecule has 1 aromatic rings. The van der Waals surface area contributed by atoms with Gasteiger partial charge in [-0.15, -0.1) is 0 Å². The number of halogens is 1. The zero-order valence-electron chi connectivity index (χ0n) is 12.4. The molecule has 0 aliphatic heterocycles. The lowest BCUT2D eigenvalue weighted by atomic mass is 9.77. The topological polar surface area (TPSA) is 55.1 Å². The van der Waals surface area contributed by atoms with Crippen LogP contribution in [0, 0.1) is 12.8 Å². The number of carbonyl (C=O) groups is 1. The summed E-state index contributed by atoms with van der Waals surface area (Å²) < 4.78 is 0.794. The van der Waals surface area contributed by atoms with Crippen molar-refractivity contribution >= 4 is 39.0 Å². The summed E-state index contributed by atoms with van der Waals surface area (Å²) in [6.07, 6.45) is 3.71. The van der Waals surface area contributed by atoms with Crippen LogP contribution in [-0.4, -0.2) is 16.4 Å². The molecule has 5 heteroatoms. The smallest absolute Gasteiger partial charge is 0.253 e. The SMILES string of the molecule is Cc1ccc(C(=O)NC2(C(N)=S)CCC(C)CC2)c(Br)c1. The minimum absolute atomic E-state index is 0.121. The lowest BCUT2D eigenvalue weighted by molar-refractivity contribution is 0.0900. The van der Waals surface area contributed by atoms with E-state index in [4.69, 9.17) is 18.0 Å². The summed E-state index contributed by atoms with van der Waals surface area (Å²) in [6.45, 7) is 4.22. The molecule has 0 spiro atoms. The number of thiocarbonyl (C=S) groups is 1. The van der Waals surface area contributed by atoms with Gasteiger partial charge in [0, 0.05) is 4.47 Å². The number of benzene rings is 1. The summed E-state index contributed by atoms with van der Waals surface area (Å²) in [4.78, 5) is 13.0. The first-order valence-electron chi connectivity index (χ1n) is 7.22. The van der Waals surface area contributed by atoms with Crippen molar-refractivity contribution < 1.29 is 4.79 Å². The monoisotopic (exact) mass is 368 g/mol. The van der Waals surface area contributed by atoms with Gasteiger partial charge in [-0.2, -0.15) is 0 Å². The summed E-state index contributed by atoms with van der Waals surface area (Å²) in [5.74, 6) is 0.541. The van der Waals surface area contributed by atoms with Crippen LogP contribution in [0.3, 0.4) is 0 Å². The molecule has 1 saturated carbocycles. The summed E-state index contributed by atoms with van der Waals surface area (Å²) in [6, 6.07) is 5.69. The molecule has 3 N–H and O–H groups in total. The molecule has 3 nitrogen and oxygen atoms in total. The Bertz CT molecular complexity index is 565. The highest BCUT2D eigenvalue weighted by atomic mass is 79.9. The second kappa shape index (κ2) is 6.44. The van der Waals surface area contributed by atoms with Gasteiger partial charge in [0.2, 0.25) is 0 Å². The summed E-state index contributed by atoms with van der Waals surface area (Å²) in [5, 5.41) is 3.09.